The number of rotatable bonds is 2. The first-order chi connectivity index (χ1) is 12.0. The predicted molar refractivity (Wildman–Crippen MR) is 102 cm³/mol. The summed E-state index contributed by atoms with van der Waals surface area (Å²) < 4.78 is 2.94. The molecule has 3 heterocycles. The summed E-state index contributed by atoms with van der Waals surface area (Å²) in [6, 6.07) is 9.13. The Kier molecular flexibility index (Phi) is 3.85. The average Bonchev–Trinajstić information content (AvgIpc) is 3.05. The van der Waals surface area contributed by atoms with Crippen LogP contribution < -0.4 is 15.4 Å². The summed E-state index contributed by atoms with van der Waals surface area (Å²) in [4.78, 5) is 33.1. The summed E-state index contributed by atoms with van der Waals surface area (Å²) in [5.41, 5.74) is 2.69. The number of hydrogen-bond acceptors (Lipinski definition) is 5. The largest absolute Gasteiger partial charge is 0.326 e. The number of carbonyl (C=O) groups is 1. The number of anilines is 1. The first-order valence-electron chi connectivity index (χ1n) is 7.37. The second-order valence-corrected chi connectivity index (χ2v) is 7.37. The molecule has 0 saturated heterocycles. The van der Waals surface area contributed by atoms with Gasteiger partial charge in [0, 0.05) is 23.3 Å². The lowest BCUT2D eigenvalue weighted by molar-refractivity contribution is -0.114. The van der Waals surface area contributed by atoms with Crippen molar-refractivity contribution in [2.24, 2.45) is 0 Å². The third-order valence-corrected chi connectivity index (χ3v) is 4.98. The first-order valence-corrected chi connectivity index (χ1v) is 8.98. The molecule has 0 aliphatic heterocycles. The van der Waals surface area contributed by atoms with E-state index in [0.29, 0.717) is 26.3 Å². The van der Waals surface area contributed by atoms with Crippen LogP contribution in [0, 0.1) is 0 Å². The van der Waals surface area contributed by atoms with Crippen LogP contribution in [0.2, 0.25) is 0 Å². The Morgan fingerprint density at radius 1 is 1.32 bits per heavy atom. The number of aromatic nitrogens is 3. The van der Waals surface area contributed by atoms with Gasteiger partial charge < -0.3 is 5.32 Å². The van der Waals surface area contributed by atoms with Gasteiger partial charge in [0.2, 0.25) is 5.91 Å². The third-order valence-electron chi connectivity index (χ3n) is 3.58. The molecule has 6 nitrogen and oxygen atoms in total. The minimum absolute atomic E-state index is 0.121. The van der Waals surface area contributed by atoms with Crippen molar-refractivity contribution >= 4 is 61.1 Å². The summed E-state index contributed by atoms with van der Waals surface area (Å²) in [5.74, 6) is -0.121. The molecule has 3 aromatic heterocycles. The van der Waals surface area contributed by atoms with Crippen LogP contribution in [0.5, 0.6) is 0 Å². The molecule has 0 fully saturated rings. The number of imidazole rings is 1. The van der Waals surface area contributed by atoms with E-state index in [4.69, 9.17) is 0 Å². The molecule has 4 rings (SSSR count). The van der Waals surface area contributed by atoms with Gasteiger partial charge in [0.1, 0.15) is 5.52 Å². The number of benzene rings is 1. The summed E-state index contributed by atoms with van der Waals surface area (Å²) in [6.45, 7) is 1.46. The van der Waals surface area contributed by atoms with E-state index in [2.05, 4.69) is 31.2 Å². The zero-order valence-corrected chi connectivity index (χ0v) is 15.4. The molecule has 0 radical (unpaired) electrons. The van der Waals surface area contributed by atoms with Gasteiger partial charge in [0.15, 0.2) is 10.6 Å². The van der Waals surface area contributed by atoms with Crippen LogP contribution in [-0.4, -0.2) is 20.3 Å². The highest BCUT2D eigenvalue weighted by atomic mass is 79.9. The van der Waals surface area contributed by atoms with Gasteiger partial charge in [-0.2, -0.15) is 0 Å². The van der Waals surface area contributed by atoms with Crippen molar-refractivity contribution in [3.8, 4) is 0 Å². The minimum atomic E-state index is -0.136. The molecule has 0 bridgehead atoms. The molecule has 1 amide bonds. The monoisotopic (exact) mass is 414 g/mol. The fourth-order valence-electron chi connectivity index (χ4n) is 2.53. The molecule has 0 aliphatic carbocycles. The van der Waals surface area contributed by atoms with Crippen molar-refractivity contribution in [3.05, 3.63) is 61.5 Å². The van der Waals surface area contributed by atoms with E-state index in [1.807, 2.05) is 24.3 Å². The lowest BCUT2D eigenvalue weighted by atomic mass is 10.2. The van der Waals surface area contributed by atoms with Crippen LogP contribution in [0.25, 0.3) is 22.2 Å². The topological polar surface area (TPSA) is 76.4 Å². The predicted octanol–water partition coefficient (Wildman–Crippen LogP) is 2.57. The van der Waals surface area contributed by atoms with Gasteiger partial charge in [-0.1, -0.05) is 23.5 Å². The van der Waals surface area contributed by atoms with Crippen molar-refractivity contribution in [1.82, 2.24) is 14.4 Å². The lowest BCUT2D eigenvalue weighted by Crippen LogP contribution is -2.22. The van der Waals surface area contributed by atoms with Gasteiger partial charge in [-0.25, -0.2) is 14.4 Å². The van der Waals surface area contributed by atoms with Gasteiger partial charge in [-0.05, 0) is 45.8 Å². The summed E-state index contributed by atoms with van der Waals surface area (Å²) in [6.07, 6.45) is 3.46. The number of nitrogens with zero attached hydrogens (tertiary/aromatic N) is 3. The van der Waals surface area contributed by atoms with Crippen molar-refractivity contribution in [1.29, 1.82) is 0 Å². The van der Waals surface area contributed by atoms with Crippen LogP contribution >= 0.6 is 27.3 Å². The quantitative estimate of drug-likeness (QED) is 0.546. The number of hydrogen-bond donors (Lipinski definition) is 1. The van der Waals surface area contributed by atoms with Crippen molar-refractivity contribution in [2.75, 3.05) is 5.32 Å². The van der Waals surface area contributed by atoms with E-state index < -0.39 is 0 Å². The zero-order valence-electron chi connectivity index (χ0n) is 13.0. The number of amides is 1. The highest BCUT2D eigenvalue weighted by Crippen LogP contribution is 2.18. The lowest BCUT2D eigenvalue weighted by Gasteiger charge is -2.01. The van der Waals surface area contributed by atoms with E-state index in [1.165, 1.54) is 22.7 Å². The van der Waals surface area contributed by atoms with Crippen LogP contribution in [0.4, 0.5) is 5.69 Å². The molecule has 1 N–H and O–H groups in total. The number of carbonyl (C=O) groups excluding carboxylic acids is 1. The van der Waals surface area contributed by atoms with E-state index in [1.54, 1.807) is 18.3 Å². The molecule has 0 atom stereocenters. The van der Waals surface area contributed by atoms with Gasteiger partial charge in [-0.15, -0.1) is 0 Å². The average molecular weight is 415 g/mol. The second kappa shape index (κ2) is 6.05. The maximum Gasteiger partial charge on any atom is 0.276 e. The van der Waals surface area contributed by atoms with Crippen LogP contribution in [0.15, 0.2) is 45.8 Å². The number of thiazole rings is 1. The molecule has 4 aromatic rings. The molecule has 0 saturated carbocycles. The molecule has 25 heavy (non-hydrogen) atoms. The van der Waals surface area contributed by atoms with Gasteiger partial charge in [0.05, 0.1) is 4.53 Å². The summed E-state index contributed by atoms with van der Waals surface area (Å²) >= 11 is 4.68. The van der Waals surface area contributed by atoms with Crippen LogP contribution in [0.1, 0.15) is 12.5 Å². The Morgan fingerprint density at radius 3 is 2.80 bits per heavy atom. The number of nitrogens with one attached hydrogen (secondary N) is 1. The molecular formula is C17H11BrN4O2S. The molecule has 0 aliphatic rings. The summed E-state index contributed by atoms with van der Waals surface area (Å²) in [5, 5.41) is 2.71. The fraction of sp³-hybridized carbons (Fsp3) is 0.0588. The van der Waals surface area contributed by atoms with Gasteiger partial charge >= 0.3 is 0 Å². The normalized spacial score (nSPS) is 12.2. The van der Waals surface area contributed by atoms with Crippen molar-refractivity contribution < 1.29 is 4.79 Å². The Morgan fingerprint density at radius 2 is 2.08 bits per heavy atom. The van der Waals surface area contributed by atoms with Gasteiger partial charge in [-0.3, -0.25) is 9.59 Å². The molecule has 0 spiro atoms. The van der Waals surface area contributed by atoms with E-state index in [9.17, 15) is 9.59 Å². The molecule has 0 unspecified atom stereocenters. The molecule has 124 valence electrons. The molecule has 1 aromatic carbocycles. The van der Waals surface area contributed by atoms with Crippen LogP contribution in [-0.2, 0) is 4.79 Å². The minimum Gasteiger partial charge on any atom is -0.326 e. The highest BCUT2D eigenvalue weighted by Gasteiger charge is 2.12. The SMILES string of the molecule is CC(=O)Nc1ccc(/C=c2\sc3nc4cc(Br)cnc4n3c2=O)cc1. The number of halogens is 1. The highest BCUT2D eigenvalue weighted by molar-refractivity contribution is 9.10. The first kappa shape index (κ1) is 15.9. The smallest absolute Gasteiger partial charge is 0.276 e. The van der Waals surface area contributed by atoms with Crippen molar-refractivity contribution in [2.45, 2.75) is 6.92 Å². The number of pyridine rings is 1. The maximum absolute atomic E-state index is 12.7. The van der Waals surface area contributed by atoms with Crippen LogP contribution in [0.3, 0.4) is 0 Å². The zero-order chi connectivity index (χ0) is 17.6. The number of fused-ring (bicyclic) bond motifs is 3. The van der Waals surface area contributed by atoms with E-state index in [-0.39, 0.29) is 11.5 Å². The fourth-order valence-corrected chi connectivity index (χ4v) is 3.83. The summed E-state index contributed by atoms with van der Waals surface area (Å²) in [7, 11) is 0. The standard InChI is InChI=1S/C17H11BrN4O2S/c1-9(23)20-12-4-2-10(3-5-12)6-14-16(24)22-15-13(21-17(22)25-14)7-11(18)8-19-15/h2-8H,1H3,(H,20,23)/b14-6-. The Balaban J connectivity index is 1.81. The van der Waals surface area contributed by atoms with E-state index in [0.717, 1.165) is 10.0 Å². The Labute approximate surface area is 154 Å². The molecular weight excluding hydrogens is 404 g/mol. The second-order valence-electron chi connectivity index (χ2n) is 5.45. The molecule has 8 heteroatoms. The van der Waals surface area contributed by atoms with Gasteiger partial charge in [0.25, 0.3) is 5.56 Å². The third kappa shape index (κ3) is 2.94. The van der Waals surface area contributed by atoms with E-state index >= 15 is 0 Å². The van der Waals surface area contributed by atoms with Crippen molar-refractivity contribution in [3.63, 3.8) is 0 Å². The maximum atomic E-state index is 12.7. The Hall–Kier alpha value is -2.58. The Bertz CT molecular complexity index is 1230.